The Kier molecular flexibility index (Phi) is 9.64. The number of alkyl halides is 3. The molecule has 3 saturated heterocycles. The predicted molar refractivity (Wildman–Crippen MR) is 184 cm³/mol. The van der Waals surface area contributed by atoms with Crippen molar-refractivity contribution in [2.24, 2.45) is 17.8 Å². The summed E-state index contributed by atoms with van der Waals surface area (Å²) in [4.78, 5) is 45.9. The minimum atomic E-state index is -4.60. The zero-order valence-corrected chi connectivity index (χ0v) is 30.7. The van der Waals surface area contributed by atoms with Crippen LogP contribution in [0.15, 0.2) is 16.8 Å². The summed E-state index contributed by atoms with van der Waals surface area (Å²) in [5.41, 5.74) is -0.558. The number of aromatic nitrogens is 2. The average Bonchev–Trinajstić information content (AvgIpc) is 4.04. The second kappa shape index (κ2) is 14.0. The number of carbonyl (C=O) groups excluding carboxylic acids is 3. The van der Waals surface area contributed by atoms with Gasteiger partial charge in [-0.2, -0.15) is 13.2 Å². The minimum Gasteiger partial charge on any atom is -0.487 e. The van der Waals surface area contributed by atoms with E-state index >= 15 is 4.39 Å². The Labute approximate surface area is 310 Å². The van der Waals surface area contributed by atoms with Crippen LogP contribution in [-0.4, -0.2) is 118 Å². The number of fused-ring (bicyclic) bond motifs is 1. The first-order chi connectivity index (χ1) is 25.7. The van der Waals surface area contributed by atoms with Crippen molar-refractivity contribution in [2.45, 2.75) is 108 Å². The van der Waals surface area contributed by atoms with Crippen LogP contribution < -0.4 is 15.4 Å². The Bertz CT molecular complexity index is 1760. The molecule has 2 aromatic rings. The van der Waals surface area contributed by atoms with Crippen molar-refractivity contribution in [3.63, 3.8) is 0 Å². The summed E-state index contributed by atoms with van der Waals surface area (Å²) in [6.45, 7) is 6.39. The molecule has 3 atom stereocenters. The Morgan fingerprint density at radius 3 is 2.28 bits per heavy atom. The molecule has 0 radical (unpaired) electrons. The summed E-state index contributed by atoms with van der Waals surface area (Å²) in [5, 5.41) is 12.9. The van der Waals surface area contributed by atoms with Crippen molar-refractivity contribution in [3.05, 3.63) is 34.9 Å². The summed E-state index contributed by atoms with van der Waals surface area (Å²) in [5.74, 6) is -2.03. The lowest BCUT2D eigenvalue weighted by Crippen LogP contribution is -2.64. The molecule has 294 valence electrons. The number of halogens is 4. The topological polar surface area (TPSA) is 142 Å². The molecule has 4 aliphatic heterocycles. The highest BCUT2D eigenvalue weighted by Crippen LogP contribution is 2.52. The fourth-order valence-corrected chi connectivity index (χ4v) is 9.04. The van der Waals surface area contributed by atoms with Crippen LogP contribution in [0.2, 0.25) is 0 Å². The van der Waals surface area contributed by atoms with Crippen LogP contribution in [0.1, 0.15) is 86.6 Å². The first-order valence-corrected chi connectivity index (χ1v) is 19.1. The van der Waals surface area contributed by atoms with Gasteiger partial charge in [0, 0.05) is 43.7 Å². The molecule has 5 heterocycles. The van der Waals surface area contributed by atoms with Gasteiger partial charge in [0.15, 0.2) is 5.69 Å². The van der Waals surface area contributed by atoms with Gasteiger partial charge in [0.25, 0.3) is 5.91 Å². The summed E-state index contributed by atoms with van der Waals surface area (Å²) in [6.07, 6.45) is 0.347. The zero-order chi connectivity index (χ0) is 38.1. The lowest BCUT2D eigenvalue weighted by Gasteiger charge is -2.52. The second-order valence-corrected chi connectivity index (χ2v) is 16.4. The lowest BCUT2D eigenvalue weighted by molar-refractivity contribution is -0.207. The number of hydrogen-bond acceptors (Lipinski definition) is 10. The number of aryl methyl sites for hydroxylation is 1. The molecule has 0 bridgehead atoms. The van der Waals surface area contributed by atoms with Crippen molar-refractivity contribution in [3.8, 4) is 5.75 Å². The number of ether oxygens (including phenoxy) is 2. The average molecular weight is 762 g/mol. The molecule has 17 heteroatoms. The monoisotopic (exact) mass is 761 g/mol. The minimum absolute atomic E-state index is 0.0461. The highest BCUT2D eigenvalue weighted by atomic mass is 19.4. The quantitative estimate of drug-likeness (QED) is 0.338. The predicted octanol–water partition coefficient (Wildman–Crippen LogP) is 4.23. The summed E-state index contributed by atoms with van der Waals surface area (Å²) < 4.78 is 76.6. The third-order valence-corrected chi connectivity index (χ3v) is 12.4. The van der Waals surface area contributed by atoms with Crippen LogP contribution in [0.5, 0.6) is 5.75 Å². The summed E-state index contributed by atoms with van der Waals surface area (Å²) in [6, 6.07) is -1.47. The SMILES string of the molecule is Cc1nonc1C(=O)N[C@H](C(=O)Nc1cc2c(cc1F)C(N1C[C@@H](C(F)(F)F)N(C(C)C)CC1=O)CC1(CCN(C3COC3)CC1)O2)C(C1CC1)C1CC1. The van der Waals surface area contributed by atoms with Gasteiger partial charge in [0.05, 0.1) is 37.5 Å². The maximum atomic E-state index is 16.3. The van der Waals surface area contributed by atoms with E-state index in [0.29, 0.717) is 39.1 Å². The number of nitrogens with zero attached hydrogens (tertiary/aromatic N) is 5. The van der Waals surface area contributed by atoms with Crippen LogP contribution in [-0.2, 0) is 14.3 Å². The maximum absolute atomic E-state index is 16.3. The molecule has 8 rings (SSSR count). The molecule has 54 heavy (non-hydrogen) atoms. The van der Waals surface area contributed by atoms with Crippen LogP contribution in [0, 0.1) is 30.5 Å². The van der Waals surface area contributed by atoms with Crippen LogP contribution in [0.25, 0.3) is 0 Å². The van der Waals surface area contributed by atoms with E-state index < -0.39 is 72.6 Å². The number of rotatable bonds is 10. The van der Waals surface area contributed by atoms with E-state index in [1.807, 2.05) is 0 Å². The largest absolute Gasteiger partial charge is 0.487 e. The van der Waals surface area contributed by atoms with E-state index in [4.69, 9.17) is 14.1 Å². The lowest BCUT2D eigenvalue weighted by atomic mass is 9.79. The van der Waals surface area contributed by atoms with E-state index in [9.17, 15) is 27.6 Å². The molecular formula is C37H47F4N7O6. The van der Waals surface area contributed by atoms with Gasteiger partial charge in [0.2, 0.25) is 11.8 Å². The van der Waals surface area contributed by atoms with Crippen molar-refractivity contribution in [2.75, 3.05) is 44.7 Å². The van der Waals surface area contributed by atoms with Crippen molar-refractivity contribution in [1.29, 1.82) is 0 Å². The van der Waals surface area contributed by atoms with E-state index in [1.54, 1.807) is 20.8 Å². The standard InChI is InChI=1S/C37H47F4N7O6/c1-19(2)47-16-30(49)48(15-29(47)37(39,40)41)27-14-36(8-10-46(11-9-36)23-17-52-18-23)53-28-13-26(25(38)12-24(27)28)42-35(51)33(31(21-4-5-21)22-6-7-22)43-34(50)32-20(3)44-54-45-32/h12-13,19,21-23,27,29,31,33H,4-11,14-18H2,1-3H3,(H,42,51)(H,43,50)/t27?,29-,33-/m0/s1. The number of likely N-dealkylation sites (tertiary alicyclic amines) is 1. The Morgan fingerprint density at radius 2 is 1.72 bits per heavy atom. The van der Waals surface area contributed by atoms with Crippen molar-refractivity contribution < 1.29 is 46.0 Å². The molecular weight excluding hydrogens is 714 g/mol. The third kappa shape index (κ3) is 7.18. The van der Waals surface area contributed by atoms with Crippen molar-refractivity contribution in [1.82, 2.24) is 30.3 Å². The smallest absolute Gasteiger partial charge is 0.405 e. The van der Waals surface area contributed by atoms with E-state index in [-0.39, 0.29) is 58.6 Å². The number of hydrogen-bond donors (Lipinski definition) is 2. The molecule has 1 unspecified atom stereocenters. The van der Waals surface area contributed by atoms with Crippen LogP contribution in [0.3, 0.4) is 0 Å². The number of benzene rings is 1. The number of nitrogens with one attached hydrogen (secondary N) is 2. The normalized spacial score (nSPS) is 25.7. The first kappa shape index (κ1) is 37.1. The fraction of sp³-hybridized carbons (Fsp3) is 0.703. The molecule has 1 spiro atoms. The number of carbonyl (C=O) groups is 3. The van der Waals surface area contributed by atoms with Gasteiger partial charge in [-0.15, -0.1) is 0 Å². The summed E-state index contributed by atoms with van der Waals surface area (Å²) in [7, 11) is 0. The molecule has 2 aliphatic carbocycles. The van der Waals surface area contributed by atoms with Crippen LogP contribution >= 0.6 is 0 Å². The van der Waals surface area contributed by atoms with Gasteiger partial charge in [-0.25, -0.2) is 9.02 Å². The Hall–Kier alpha value is -3.83. The van der Waals surface area contributed by atoms with Gasteiger partial charge < -0.3 is 25.0 Å². The molecule has 6 aliphatic rings. The molecule has 2 saturated carbocycles. The maximum Gasteiger partial charge on any atom is 0.405 e. The number of piperazine rings is 1. The van der Waals surface area contributed by atoms with Crippen LogP contribution in [0.4, 0.5) is 23.2 Å². The van der Waals surface area contributed by atoms with Gasteiger partial charge in [-0.3, -0.25) is 24.2 Å². The third-order valence-electron chi connectivity index (χ3n) is 12.4. The molecule has 5 fully saturated rings. The van der Waals surface area contributed by atoms with E-state index in [0.717, 1.165) is 25.7 Å². The van der Waals surface area contributed by atoms with E-state index in [2.05, 4.69) is 25.8 Å². The highest BCUT2D eigenvalue weighted by molar-refractivity contribution is 6.01. The Balaban J connectivity index is 1.11. The number of piperidine rings is 1. The van der Waals surface area contributed by atoms with E-state index in [1.165, 1.54) is 21.9 Å². The molecule has 13 nitrogen and oxygen atoms in total. The highest BCUT2D eigenvalue weighted by Gasteiger charge is 2.54. The zero-order valence-electron chi connectivity index (χ0n) is 30.7. The first-order valence-electron chi connectivity index (χ1n) is 19.1. The van der Waals surface area contributed by atoms with Gasteiger partial charge in [-0.1, -0.05) is 5.16 Å². The molecule has 1 aromatic heterocycles. The molecule has 1 aromatic carbocycles. The molecule has 2 N–H and O–H groups in total. The van der Waals surface area contributed by atoms with Gasteiger partial charge in [0.1, 0.15) is 34.9 Å². The van der Waals surface area contributed by atoms with Crippen molar-refractivity contribution >= 4 is 23.4 Å². The Morgan fingerprint density at radius 1 is 1.04 bits per heavy atom. The molecule has 3 amide bonds. The number of anilines is 1. The summed E-state index contributed by atoms with van der Waals surface area (Å²) >= 11 is 0. The van der Waals surface area contributed by atoms with Gasteiger partial charge >= 0.3 is 6.18 Å². The van der Waals surface area contributed by atoms with Gasteiger partial charge in [-0.05, 0) is 88.3 Å². The number of amides is 3. The second-order valence-electron chi connectivity index (χ2n) is 16.4. The fourth-order valence-electron chi connectivity index (χ4n) is 9.04.